The summed E-state index contributed by atoms with van der Waals surface area (Å²) in [6.07, 6.45) is 0.903. The van der Waals surface area contributed by atoms with E-state index in [1.165, 1.54) is 5.56 Å². The Morgan fingerprint density at radius 1 is 1.15 bits per heavy atom. The van der Waals surface area contributed by atoms with Gasteiger partial charge in [0, 0.05) is 16.7 Å². The molecule has 2 rings (SSSR count). The van der Waals surface area contributed by atoms with Crippen molar-refractivity contribution in [3.05, 3.63) is 33.5 Å². The van der Waals surface area contributed by atoms with Crippen LogP contribution in [0, 0.1) is 0 Å². The van der Waals surface area contributed by atoms with Gasteiger partial charge in [-0.1, -0.05) is 22.9 Å². The van der Waals surface area contributed by atoms with Crippen LogP contribution in [0.3, 0.4) is 0 Å². The molecule has 0 atom stereocenters. The minimum atomic E-state index is 0.161. The van der Waals surface area contributed by atoms with Crippen LogP contribution in [0.4, 0.5) is 17.6 Å². The summed E-state index contributed by atoms with van der Waals surface area (Å²) in [6, 6.07) is 6.01. The van der Waals surface area contributed by atoms with Gasteiger partial charge in [0.05, 0.1) is 0 Å². The van der Waals surface area contributed by atoms with Crippen molar-refractivity contribution in [3.63, 3.8) is 0 Å². The van der Waals surface area contributed by atoms with E-state index >= 15 is 0 Å². The van der Waals surface area contributed by atoms with Gasteiger partial charge in [0.1, 0.15) is 0 Å². The van der Waals surface area contributed by atoms with E-state index in [-0.39, 0.29) is 5.28 Å². The average molecular weight is 357 g/mol. The summed E-state index contributed by atoms with van der Waals surface area (Å²) >= 11 is 9.37. The highest BCUT2D eigenvalue weighted by molar-refractivity contribution is 9.10. The Hall–Kier alpha value is -1.40. The number of nitrogens with one attached hydrogen (secondary N) is 2. The van der Waals surface area contributed by atoms with Gasteiger partial charge < -0.3 is 10.6 Å². The summed E-state index contributed by atoms with van der Waals surface area (Å²) in [5.74, 6) is 0.892. The Balaban J connectivity index is 2.29. The molecule has 1 aromatic carbocycles. The van der Waals surface area contributed by atoms with Crippen LogP contribution in [-0.2, 0) is 6.42 Å². The van der Waals surface area contributed by atoms with Gasteiger partial charge in [-0.05, 0) is 48.7 Å². The fourth-order valence-corrected chi connectivity index (χ4v) is 2.31. The van der Waals surface area contributed by atoms with Crippen LogP contribution in [0.2, 0.25) is 5.28 Å². The van der Waals surface area contributed by atoms with Gasteiger partial charge >= 0.3 is 0 Å². The number of hydrogen-bond acceptors (Lipinski definition) is 5. The molecule has 0 saturated carbocycles. The maximum atomic E-state index is 5.90. The van der Waals surface area contributed by atoms with Crippen molar-refractivity contribution in [2.24, 2.45) is 0 Å². The molecule has 1 heterocycles. The molecular formula is C13H15BrClN5. The van der Waals surface area contributed by atoms with Gasteiger partial charge in [-0.15, -0.1) is 0 Å². The summed E-state index contributed by atoms with van der Waals surface area (Å²) < 4.78 is 1.04. The second-order valence-corrected chi connectivity index (χ2v) is 5.32. The summed E-state index contributed by atoms with van der Waals surface area (Å²) in [6.45, 7) is 4.78. The highest BCUT2D eigenvalue weighted by Gasteiger charge is 2.07. The molecule has 1 aromatic heterocycles. The third-order valence-corrected chi connectivity index (χ3v) is 3.30. The molecule has 20 heavy (non-hydrogen) atoms. The van der Waals surface area contributed by atoms with Crippen molar-refractivity contribution < 1.29 is 0 Å². The lowest BCUT2D eigenvalue weighted by Crippen LogP contribution is -2.07. The van der Waals surface area contributed by atoms with Gasteiger partial charge in [0.2, 0.25) is 17.2 Å². The molecule has 0 unspecified atom stereocenters. The molecule has 0 aliphatic heterocycles. The van der Waals surface area contributed by atoms with Crippen molar-refractivity contribution in [1.29, 1.82) is 0 Å². The van der Waals surface area contributed by atoms with E-state index in [0.29, 0.717) is 11.9 Å². The fraction of sp³-hybridized carbons (Fsp3) is 0.308. The molecule has 0 aliphatic rings. The zero-order chi connectivity index (χ0) is 14.5. The third kappa shape index (κ3) is 3.80. The van der Waals surface area contributed by atoms with Crippen molar-refractivity contribution in [2.45, 2.75) is 20.3 Å². The maximum absolute atomic E-state index is 5.90. The molecule has 0 amide bonds. The lowest BCUT2D eigenvalue weighted by atomic mass is 10.1. The predicted octanol–water partition coefficient (Wildman–Crippen LogP) is 4.03. The van der Waals surface area contributed by atoms with Crippen molar-refractivity contribution >= 4 is 45.1 Å². The molecule has 0 saturated heterocycles. The van der Waals surface area contributed by atoms with E-state index in [9.17, 15) is 0 Å². The molecule has 2 N–H and O–H groups in total. The lowest BCUT2D eigenvalue weighted by Gasteiger charge is -2.11. The van der Waals surface area contributed by atoms with Crippen LogP contribution < -0.4 is 10.6 Å². The minimum absolute atomic E-state index is 0.161. The van der Waals surface area contributed by atoms with Crippen LogP contribution in [0.1, 0.15) is 19.4 Å². The molecule has 0 aliphatic carbocycles. The van der Waals surface area contributed by atoms with Crippen LogP contribution >= 0.6 is 27.5 Å². The van der Waals surface area contributed by atoms with Crippen LogP contribution in [0.5, 0.6) is 0 Å². The lowest BCUT2D eigenvalue weighted by molar-refractivity contribution is 1.02. The molecule has 7 heteroatoms. The van der Waals surface area contributed by atoms with Gasteiger partial charge in [-0.25, -0.2) is 0 Å². The van der Waals surface area contributed by atoms with Crippen molar-refractivity contribution in [2.75, 3.05) is 17.2 Å². The molecule has 0 bridgehead atoms. The van der Waals surface area contributed by atoms with Crippen LogP contribution in [0.15, 0.2) is 22.7 Å². The monoisotopic (exact) mass is 355 g/mol. The first kappa shape index (κ1) is 15.0. The average Bonchev–Trinajstić information content (AvgIpc) is 2.40. The Labute approximate surface area is 131 Å². The molecule has 0 spiro atoms. The molecular weight excluding hydrogens is 342 g/mol. The van der Waals surface area contributed by atoms with Crippen LogP contribution in [-0.4, -0.2) is 21.5 Å². The van der Waals surface area contributed by atoms with Gasteiger partial charge in [0.25, 0.3) is 0 Å². The number of halogens is 2. The summed E-state index contributed by atoms with van der Waals surface area (Å²) in [5.41, 5.74) is 2.13. The quantitative estimate of drug-likeness (QED) is 0.847. The number of aryl methyl sites for hydroxylation is 1. The van der Waals surface area contributed by atoms with E-state index in [4.69, 9.17) is 11.6 Å². The first-order chi connectivity index (χ1) is 9.62. The first-order valence-electron chi connectivity index (χ1n) is 6.33. The number of benzene rings is 1. The normalized spacial score (nSPS) is 10.4. The van der Waals surface area contributed by atoms with Gasteiger partial charge in [0.15, 0.2) is 0 Å². The largest absolute Gasteiger partial charge is 0.354 e. The summed E-state index contributed by atoms with van der Waals surface area (Å²) in [5, 5.41) is 6.36. The Morgan fingerprint density at radius 3 is 2.60 bits per heavy atom. The summed E-state index contributed by atoms with van der Waals surface area (Å²) in [4.78, 5) is 12.4. The highest BCUT2D eigenvalue weighted by atomic mass is 79.9. The van der Waals surface area contributed by atoms with Gasteiger partial charge in [-0.3, -0.25) is 0 Å². The topological polar surface area (TPSA) is 62.7 Å². The van der Waals surface area contributed by atoms with Crippen molar-refractivity contribution in [3.8, 4) is 0 Å². The zero-order valence-corrected chi connectivity index (χ0v) is 13.6. The molecule has 0 radical (unpaired) electrons. The van der Waals surface area contributed by atoms with E-state index in [1.807, 2.05) is 19.1 Å². The number of aromatic nitrogens is 3. The number of rotatable bonds is 5. The SMILES string of the molecule is CCNc1nc(Cl)nc(Nc2ccc(Br)cc2CC)n1. The van der Waals surface area contributed by atoms with E-state index in [1.54, 1.807) is 0 Å². The maximum Gasteiger partial charge on any atom is 0.233 e. The van der Waals surface area contributed by atoms with E-state index < -0.39 is 0 Å². The second kappa shape index (κ2) is 6.85. The molecule has 5 nitrogen and oxygen atoms in total. The highest BCUT2D eigenvalue weighted by Crippen LogP contribution is 2.24. The molecule has 106 valence electrons. The predicted molar refractivity (Wildman–Crippen MR) is 85.8 cm³/mol. The van der Waals surface area contributed by atoms with Crippen LogP contribution in [0.25, 0.3) is 0 Å². The molecule has 0 fully saturated rings. The number of hydrogen-bond donors (Lipinski definition) is 2. The number of anilines is 3. The smallest absolute Gasteiger partial charge is 0.233 e. The first-order valence-corrected chi connectivity index (χ1v) is 7.50. The van der Waals surface area contributed by atoms with E-state index in [0.717, 1.165) is 23.1 Å². The minimum Gasteiger partial charge on any atom is -0.354 e. The Kier molecular flexibility index (Phi) is 5.14. The van der Waals surface area contributed by atoms with Gasteiger partial charge in [-0.2, -0.15) is 15.0 Å². The Bertz CT molecular complexity index is 605. The van der Waals surface area contributed by atoms with Crippen molar-refractivity contribution in [1.82, 2.24) is 15.0 Å². The zero-order valence-electron chi connectivity index (χ0n) is 11.2. The Morgan fingerprint density at radius 2 is 1.90 bits per heavy atom. The summed E-state index contributed by atoms with van der Waals surface area (Å²) in [7, 11) is 0. The second-order valence-electron chi connectivity index (χ2n) is 4.06. The number of nitrogens with zero attached hydrogens (tertiary/aromatic N) is 3. The van der Waals surface area contributed by atoms with E-state index in [2.05, 4.69) is 54.5 Å². The fourth-order valence-electron chi connectivity index (χ4n) is 1.74. The molecule has 2 aromatic rings. The standard InChI is InChI=1S/C13H15BrClN5/c1-3-8-7-9(14)5-6-10(8)17-13-19-11(15)18-12(20-13)16-4-2/h5-7H,3-4H2,1-2H3,(H2,16,17,18,19,20). The third-order valence-electron chi connectivity index (χ3n) is 2.64.